The van der Waals surface area contributed by atoms with Crippen molar-refractivity contribution in [1.82, 2.24) is 20.2 Å². The number of nitrogens with zero attached hydrogens (tertiary/aromatic N) is 5. The van der Waals surface area contributed by atoms with E-state index in [-0.39, 0.29) is 5.82 Å². The maximum absolute atomic E-state index is 14.7. The van der Waals surface area contributed by atoms with Gasteiger partial charge in [0.2, 0.25) is 0 Å². The molecule has 8 nitrogen and oxygen atoms in total. The van der Waals surface area contributed by atoms with Crippen LogP contribution in [0.25, 0.3) is 0 Å². The summed E-state index contributed by atoms with van der Waals surface area (Å²) in [5.41, 5.74) is 1.03. The fourth-order valence-electron chi connectivity index (χ4n) is 3.02. The van der Waals surface area contributed by atoms with Crippen LogP contribution in [-0.4, -0.2) is 53.6 Å². The first kappa shape index (κ1) is 19.5. The summed E-state index contributed by atoms with van der Waals surface area (Å²) >= 11 is 0. The van der Waals surface area contributed by atoms with E-state index in [1.54, 1.807) is 25.3 Å². The molecule has 2 aromatic rings. The Morgan fingerprint density at radius 1 is 1.25 bits per heavy atom. The molecule has 3 rings (SSSR count). The van der Waals surface area contributed by atoms with E-state index in [2.05, 4.69) is 36.5 Å². The molecule has 0 aromatic carbocycles. The Morgan fingerprint density at radius 2 is 2.04 bits per heavy atom. The summed E-state index contributed by atoms with van der Waals surface area (Å²) in [5.74, 6) is 0.260. The van der Waals surface area contributed by atoms with Crippen LogP contribution in [-0.2, 0) is 6.54 Å². The Bertz CT molecular complexity index is 858. The van der Waals surface area contributed by atoms with Crippen LogP contribution >= 0.6 is 0 Å². The largest absolute Gasteiger partial charge is 0.354 e. The van der Waals surface area contributed by atoms with Crippen LogP contribution in [0, 0.1) is 17.1 Å². The van der Waals surface area contributed by atoms with E-state index in [1.807, 2.05) is 6.07 Å². The number of nitriles is 1. The molecule has 0 radical (unpaired) electrons. The second-order valence-corrected chi connectivity index (χ2v) is 6.40. The smallest absolute Gasteiger partial charge is 0.320 e. The minimum atomic E-state index is -0.509. The highest BCUT2D eigenvalue weighted by Crippen LogP contribution is 2.19. The molecule has 3 heterocycles. The number of urea groups is 1. The predicted molar refractivity (Wildman–Crippen MR) is 103 cm³/mol. The van der Waals surface area contributed by atoms with Gasteiger partial charge in [-0.25, -0.2) is 19.2 Å². The molecule has 9 heteroatoms. The van der Waals surface area contributed by atoms with Crippen LogP contribution < -0.4 is 15.5 Å². The average Bonchev–Trinajstić information content (AvgIpc) is 2.72. The number of carbonyl (C=O) groups is 1. The molecule has 0 bridgehead atoms. The minimum absolute atomic E-state index is 0.0659. The van der Waals surface area contributed by atoms with Gasteiger partial charge in [-0.15, -0.1) is 0 Å². The molecule has 2 amide bonds. The number of pyridine rings is 2. The molecular weight excluding hydrogens is 361 g/mol. The maximum Gasteiger partial charge on any atom is 0.320 e. The van der Waals surface area contributed by atoms with Gasteiger partial charge in [0, 0.05) is 57.2 Å². The third-order valence-electron chi connectivity index (χ3n) is 4.51. The van der Waals surface area contributed by atoms with Crippen LogP contribution in [0.5, 0.6) is 0 Å². The normalized spacial score (nSPS) is 14.4. The maximum atomic E-state index is 14.7. The van der Waals surface area contributed by atoms with E-state index in [1.165, 1.54) is 6.20 Å². The first-order chi connectivity index (χ1) is 13.6. The minimum Gasteiger partial charge on any atom is -0.354 e. The van der Waals surface area contributed by atoms with Gasteiger partial charge in [-0.1, -0.05) is 0 Å². The Hall–Kier alpha value is -3.25. The van der Waals surface area contributed by atoms with Gasteiger partial charge < -0.3 is 10.2 Å². The number of rotatable bonds is 5. The lowest BCUT2D eigenvalue weighted by atomic mass is 10.2. The summed E-state index contributed by atoms with van der Waals surface area (Å²) in [6.45, 7) is 5.70. The van der Waals surface area contributed by atoms with Gasteiger partial charge in [-0.2, -0.15) is 5.26 Å². The number of carbonyl (C=O) groups excluding carboxylic acids is 1. The highest BCUT2D eigenvalue weighted by atomic mass is 19.1. The molecule has 1 saturated heterocycles. The van der Waals surface area contributed by atoms with Crippen LogP contribution in [0.15, 0.2) is 30.6 Å². The van der Waals surface area contributed by atoms with Crippen LogP contribution in [0.1, 0.15) is 18.1 Å². The SMILES string of the molecule is CCNC(=O)Nc1nccc(CN2CCN(c3ccc(C#N)cn3)CC2)c1F. The fourth-order valence-corrected chi connectivity index (χ4v) is 3.02. The fraction of sp³-hybridized carbons (Fsp3) is 0.368. The molecule has 0 unspecified atom stereocenters. The number of piperazine rings is 1. The molecule has 28 heavy (non-hydrogen) atoms. The van der Waals surface area contributed by atoms with E-state index < -0.39 is 11.8 Å². The standard InChI is InChI=1S/C19H22FN7O/c1-2-22-19(28)25-18-17(20)15(5-6-23-18)13-26-7-9-27(10-8-26)16-4-3-14(11-21)12-24-16/h3-6,12H,2,7-10,13H2,1H3,(H2,22,23,25,28). The lowest BCUT2D eigenvalue weighted by Crippen LogP contribution is -2.46. The van der Waals surface area contributed by atoms with Crippen molar-refractivity contribution in [3.63, 3.8) is 0 Å². The van der Waals surface area contributed by atoms with Gasteiger partial charge in [0.1, 0.15) is 11.9 Å². The van der Waals surface area contributed by atoms with Gasteiger partial charge in [0.15, 0.2) is 11.6 Å². The van der Waals surface area contributed by atoms with Crippen molar-refractivity contribution in [1.29, 1.82) is 5.26 Å². The topological polar surface area (TPSA) is 97.2 Å². The van der Waals surface area contributed by atoms with E-state index in [0.29, 0.717) is 24.2 Å². The number of anilines is 2. The van der Waals surface area contributed by atoms with Gasteiger partial charge >= 0.3 is 6.03 Å². The van der Waals surface area contributed by atoms with Gasteiger partial charge in [-0.05, 0) is 25.1 Å². The highest BCUT2D eigenvalue weighted by Gasteiger charge is 2.20. The Morgan fingerprint density at radius 3 is 2.68 bits per heavy atom. The zero-order valence-corrected chi connectivity index (χ0v) is 15.7. The third kappa shape index (κ3) is 4.72. The third-order valence-corrected chi connectivity index (χ3v) is 4.51. The Balaban J connectivity index is 1.58. The van der Waals surface area contributed by atoms with Crippen molar-refractivity contribution in [2.24, 2.45) is 0 Å². The molecule has 2 N–H and O–H groups in total. The second kappa shape index (κ2) is 9.10. The zero-order chi connectivity index (χ0) is 19.9. The van der Waals surface area contributed by atoms with Crippen LogP contribution in [0.4, 0.5) is 20.8 Å². The summed E-state index contributed by atoms with van der Waals surface area (Å²) in [6.07, 6.45) is 3.06. The number of halogens is 1. The number of hydrogen-bond acceptors (Lipinski definition) is 6. The summed E-state index contributed by atoms with van der Waals surface area (Å²) in [5, 5.41) is 13.8. The van der Waals surface area contributed by atoms with Crippen molar-refractivity contribution < 1.29 is 9.18 Å². The second-order valence-electron chi connectivity index (χ2n) is 6.40. The summed E-state index contributed by atoms with van der Waals surface area (Å²) in [7, 11) is 0. The van der Waals surface area contributed by atoms with E-state index in [9.17, 15) is 9.18 Å². The molecule has 0 saturated carbocycles. The van der Waals surface area contributed by atoms with E-state index in [4.69, 9.17) is 5.26 Å². The molecule has 0 atom stereocenters. The molecule has 1 aliphatic heterocycles. The van der Waals surface area contributed by atoms with E-state index >= 15 is 0 Å². The van der Waals surface area contributed by atoms with Crippen LogP contribution in [0.2, 0.25) is 0 Å². The molecular formula is C19H22FN7O. The van der Waals surface area contributed by atoms with Crippen molar-refractivity contribution in [2.75, 3.05) is 42.9 Å². The lowest BCUT2D eigenvalue weighted by molar-refractivity contribution is 0.246. The summed E-state index contributed by atoms with van der Waals surface area (Å²) in [4.78, 5) is 24.1. The van der Waals surface area contributed by atoms with E-state index in [0.717, 1.165) is 32.0 Å². The zero-order valence-electron chi connectivity index (χ0n) is 15.7. The first-order valence-electron chi connectivity index (χ1n) is 9.12. The van der Waals surface area contributed by atoms with Crippen molar-refractivity contribution in [3.8, 4) is 6.07 Å². The molecule has 146 valence electrons. The number of nitrogens with one attached hydrogen (secondary N) is 2. The van der Waals surface area contributed by atoms with Gasteiger partial charge in [0.05, 0.1) is 5.56 Å². The van der Waals surface area contributed by atoms with Gasteiger partial charge in [-0.3, -0.25) is 10.2 Å². The summed E-state index contributed by atoms with van der Waals surface area (Å²) < 4.78 is 14.7. The van der Waals surface area contributed by atoms with Crippen molar-refractivity contribution >= 4 is 17.7 Å². The molecule has 1 fully saturated rings. The lowest BCUT2D eigenvalue weighted by Gasteiger charge is -2.35. The summed E-state index contributed by atoms with van der Waals surface area (Å²) in [6, 6.07) is 6.81. The number of amides is 2. The predicted octanol–water partition coefficient (Wildman–Crippen LogP) is 1.95. The first-order valence-corrected chi connectivity index (χ1v) is 9.12. The highest BCUT2D eigenvalue weighted by molar-refractivity contribution is 5.88. The Kier molecular flexibility index (Phi) is 6.34. The monoisotopic (exact) mass is 383 g/mol. The molecule has 2 aromatic heterocycles. The van der Waals surface area contributed by atoms with Gasteiger partial charge in [0.25, 0.3) is 0 Å². The van der Waals surface area contributed by atoms with Crippen molar-refractivity contribution in [2.45, 2.75) is 13.5 Å². The number of hydrogen-bond donors (Lipinski definition) is 2. The molecule has 0 spiro atoms. The Labute approximate surface area is 163 Å². The molecule has 1 aliphatic rings. The van der Waals surface area contributed by atoms with Crippen molar-refractivity contribution in [3.05, 3.63) is 47.5 Å². The quantitative estimate of drug-likeness (QED) is 0.819. The number of aromatic nitrogens is 2. The average molecular weight is 383 g/mol. The molecule has 0 aliphatic carbocycles. The van der Waals surface area contributed by atoms with Crippen LogP contribution in [0.3, 0.4) is 0 Å².